The summed E-state index contributed by atoms with van der Waals surface area (Å²) in [5, 5.41) is 2.91. The van der Waals surface area contributed by atoms with E-state index in [0.29, 0.717) is 58.4 Å². The summed E-state index contributed by atoms with van der Waals surface area (Å²) < 4.78 is 18.2. The third-order valence-corrected chi connectivity index (χ3v) is 9.22. The van der Waals surface area contributed by atoms with Crippen LogP contribution in [0.2, 0.25) is 0 Å². The predicted octanol–water partition coefficient (Wildman–Crippen LogP) is 3.65. The molecule has 1 amide bonds. The highest BCUT2D eigenvalue weighted by Gasteiger charge is 2.38. The molecule has 0 spiro atoms. The summed E-state index contributed by atoms with van der Waals surface area (Å²) in [6.45, 7) is 6.31. The van der Waals surface area contributed by atoms with E-state index in [1.807, 2.05) is 26.2 Å². The van der Waals surface area contributed by atoms with Crippen molar-refractivity contribution in [1.82, 2.24) is 15.2 Å². The SMILES string of the molecule is C#Cc1cc(C(=O)NCc2c(SC)cc(C)[nH]c2=O)c(C)c2c1OC[C@H](C1CCC(N3CC(OC)C3)CC1)O2. The van der Waals surface area contributed by atoms with E-state index in [-0.39, 0.29) is 24.1 Å². The lowest BCUT2D eigenvalue weighted by Gasteiger charge is -2.46. The third kappa shape index (κ3) is 5.56. The molecule has 0 unspecified atom stereocenters. The first-order valence-electron chi connectivity index (χ1n) is 13.6. The molecule has 1 saturated carbocycles. The quantitative estimate of drug-likeness (QED) is 0.401. The molecule has 3 heterocycles. The first-order chi connectivity index (χ1) is 18.8. The van der Waals surface area contributed by atoms with Gasteiger partial charge in [-0.1, -0.05) is 5.92 Å². The van der Waals surface area contributed by atoms with Gasteiger partial charge < -0.3 is 24.5 Å². The minimum atomic E-state index is -0.311. The molecular formula is C30H37N3O5S. The number of H-pyrrole nitrogens is 1. The van der Waals surface area contributed by atoms with Gasteiger partial charge in [-0.05, 0) is 63.8 Å². The molecule has 1 aromatic heterocycles. The van der Waals surface area contributed by atoms with Crippen molar-refractivity contribution in [2.45, 2.75) is 69.2 Å². The Kier molecular flexibility index (Phi) is 8.27. The number of ether oxygens (including phenoxy) is 3. The van der Waals surface area contributed by atoms with Crippen LogP contribution < -0.4 is 20.3 Å². The highest BCUT2D eigenvalue weighted by atomic mass is 32.2. The Bertz CT molecular complexity index is 1340. The summed E-state index contributed by atoms with van der Waals surface area (Å²) >= 11 is 1.48. The molecule has 1 saturated heterocycles. The second-order valence-electron chi connectivity index (χ2n) is 10.8. The number of methoxy groups -OCH3 is 1. The van der Waals surface area contributed by atoms with Crippen LogP contribution in [-0.2, 0) is 11.3 Å². The maximum atomic E-state index is 13.3. The Morgan fingerprint density at radius 2 is 1.97 bits per heavy atom. The van der Waals surface area contributed by atoms with Crippen molar-refractivity contribution in [1.29, 1.82) is 0 Å². The van der Waals surface area contributed by atoms with Crippen LogP contribution in [0.15, 0.2) is 21.8 Å². The van der Waals surface area contributed by atoms with Crippen LogP contribution in [0.4, 0.5) is 0 Å². The summed E-state index contributed by atoms with van der Waals surface area (Å²) in [4.78, 5) is 32.0. The first-order valence-corrected chi connectivity index (χ1v) is 14.8. The van der Waals surface area contributed by atoms with E-state index in [2.05, 4.69) is 21.1 Å². The Morgan fingerprint density at radius 1 is 1.23 bits per heavy atom. The lowest BCUT2D eigenvalue weighted by Crippen LogP contribution is -2.57. The second kappa shape index (κ2) is 11.7. The number of amides is 1. The fourth-order valence-electron chi connectivity index (χ4n) is 6.00. The maximum absolute atomic E-state index is 13.3. The van der Waals surface area contributed by atoms with Crippen LogP contribution in [0.5, 0.6) is 11.5 Å². The van der Waals surface area contributed by atoms with Crippen LogP contribution >= 0.6 is 11.8 Å². The van der Waals surface area contributed by atoms with Gasteiger partial charge in [0.25, 0.3) is 11.5 Å². The minimum absolute atomic E-state index is 0.0838. The van der Waals surface area contributed by atoms with Gasteiger partial charge in [0.1, 0.15) is 12.7 Å². The molecule has 2 aliphatic heterocycles. The van der Waals surface area contributed by atoms with Gasteiger partial charge in [0.05, 0.1) is 11.7 Å². The van der Waals surface area contributed by atoms with E-state index < -0.39 is 0 Å². The summed E-state index contributed by atoms with van der Waals surface area (Å²) in [6, 6.07) is 4.20. The number of aromatic amines is 1. The van der Waals surface area contributed by atoms with Gasteiger partial charge in [-0.2, -0.15) is 0 Å². The molecule has 2 N–H and O–H groups in total. The van der Waals surface area contributed by atoms with E-state index in [1.54, 1.807) is 13.2 Å². The molecule has 1 aromatic carbocycles. The maximum Gasteiger partial charge on any atom is 0.254 e. The molecule has 1 atom stereocenters. The fourth-order valence-corrected chi connectivity index (χ4v) is 6.71. The zero-order chi connectivity index (χ0) is 27.7. The standard InChI is InChI=1S/C30H37N3O5S/c1-6-19-12-23(29(34)31-13-24-26(39-5)11-17(2)32-30(24)35)18(3)27-28(19)37-16-25(38-27)20-7-9-21(10-8-20)33-14-22(15-33)36-4/h1,11-12,20-22,25H,7-10,13-16H2,2-5H3,(H,31,34)(H,32,35)/t20?,21?,25-/m1/s1. The van der Waals surface area contributed by atoms with Gasteiger partial charge in [-0.15, -0.1) is 18.2 Å². The van der Waals surface area contributed by atoms with Crippen LogP contribution in [0, 0.1) is 32.1 Å². The average Bonchev–Trinajstić information content (AvgIpc) is 2.92. The van der Waals surface area contributed by atoms with Crippen molar-refractivity contribution in [3.63, 3.8) is 0 Å². The number of carbonyl (C=O) groups is 1. The summed E-state index contributed by atoms with van der Waals surface area (Å²) in [5.74, 6) is 3.82. The molecule has 208 valence electrons. The zero-order valence-electron chi connectivity index (χ0n) is 23.1. The normalized spacial score (nSPS) is 23.1. The molecule has 0 radical (unpaired) electrons. The van der Waals surface area contributed by atoms with Crippen LogP contribution in [0.25, 0.3) is 0 Å². The van der Waals surface area contributed by atoms with Crippen molar-refractivity contribution in [3.05, 3.63) is 50.4 Å². The number of hydrogen-bond donors (Lipinski definition) is 2. The summed E-state index contributed by atoms with van der Waals surface area (Å²) in [7, 11) is 1.78. The number of nitrogens with zero attached hydrogens (tertiary/aromatic N) is 1. The molecule has 2 fully saturated rings. The van der Waals surface area contributed by atoms with Crippen molar-refractivity contribution in [2.24, 2.45) is 5.92 Å². The number of carbonyl (C=O) groups excluding carboxylic acids is 1. The highest BCUT2D eigenvalue weighted by Crippen LogP contribution is 2.43. The van der Waals surface area contributed by atoms with Gasteiger partial charge in [0.15, 0.2) is 11.5 Å². The topological polar surface area (TPSA) is 92.9 Å². The van der Waals surface area contributed by atoms with Gasteiger partial charge in [-0.25, -0.2) is 0 Å². The number of thioether (sulfide) groups is 1. The van der Waals surface area contributed by atoms with Crippen molar-refractivity contribution in [3.8, 4) is 23.8 Å². The Balaban J connectivity index is 1.29. The average molecular weight is 552 g/mol. The van der Waals surface area contributed by atoms with E-state index in [0.717, 1.165) is 49.4 Å². The zero-order valence-corrected chi connectivity index (χ0v) is 23.9. The van der Waals surface area contributed by atoms with Gasteiger partial charge in [0, 0.05) is 60.1 Å². The van der Waals surface area contributed by atoms with Crippen molar-refractivity contribution >= 4 is 17.7 Å². The largest absolute Gasteiger partial charge is 0.484 e. The molecule has 9 heteroatoms. The first kappa shape index (κ1) is 27.6. The van der Waals surface area contributed by atoms with Crippen LogP contribution in [-0.4, -0.2) is 67.1 Å². The van der Waals surface area contributed by atoms with Gasteiger partial charge in [0.2, 0.25) is 0 Å². The molecule has 0 bridgehead atoms. The molecular weight excluding hydrogens is 514 g/mol. The number of pyridine rings is 1. The van der Waals surface area contributed by atoms with Gasteiger partial charge in [-0.3, -0.25) is 14.5 Å². The number of aryl methyl sites for hydroxylation is 1. The number of rotatable bonds is 7. The number of terminal acetylenes is 1. The minimum Gasteiger partial charge on any atom is -0.484 e. The molecule has 2 aromatic rings. The number of hydrogen-bond acceptors (Lipinski definition) is 7. The lowest BCUT2D eigenvalue weighted by atomic mass is 9.81. The number of nitrogens with one attached hydrogen (secondary N) is 2. The molecule has 8 nitrogen and oxygen atoms in total. The van der Waals surface area contributed by atoms with Gasteiger partial charge >= 0.3 is 0 Å². The number of benzene rings is 1. The molecule has 5 rings (SSSR count). The Morgan fingerprint density at radius 3 is 2.64 bits per heavy atom. The molecule has 3 aliphatic rings. The summed E-state index contributed by atoms with van der Waals surface area (Å²) in [6.07, 6.45) is 12.4. The van der Waals surface area contributed by atoms with E-state index in [4.69, 9.17) is 20.6 Å². The smallest absolute Gasteiger partial charge is 0.254 e. The Labute approximate surface area is 234 Å². The number of fused-ring (bicyclic) bond motifs is 1. The molecule has 1 aliphatic carbocycles. The van der Waals surface area contributed by atoms with Crippen molar-refractivity contribution in [2.75, 3.05) is 33.1 Å². The summed E-state index contributed by atoms with van der Waals surface area (Å²) in [5.41, 5.74) is 2.72. The number of aromatic nitrogens is 1. The monoisotopic (exact) mass is 551 g/mol. The molecule has 39 heavy (non-hydrogen) atoms. The van der Waals surface area contributed by atoms with E-state index in [9.17, 15) is 9.59 Å². The third-order valence-electron chi connectivity index (χ3n) is 8.41. The fraction of sp³-hybridized carbons (Fsp3) is 0.533. The van der Waals surface area contributed by atoms with Crippen molar-refractivity contribution < 1.29 is 19.0 Å². The van der Waals surface area contributed by atoms with E-state index >= 15 is 0 Å². The lowest BCUT2D eigenvalue weighted by molar-refractivity contribution is -0.0649. The van der Waals surface area contributed by atoms with E-state index in [1.165, 1.54) is 11.8 Å². The second-order valence-corrected chi connectivity index (χ2v) is 11.6. The van der Waals surface area contributed by atoms with Crippen LogP contribution in [0.1, 0.15) is 58.4 Å². The Hall–Kier alpha value is -2.93. The van der Waals surface area contributed by atoms with Crippen LogP contribution in [0.3, 0.4) is 0 Å². The predicted molar refractivity (Wildman–Crippen MR) is 152 cm³/mol. The highest BCUT2D eigenvalue weighted by molar-refractivity contribution is 7.98. The number of likely N-dealkylation sites (tertiary alicyclic amines) is 1.